The van der Waals surface area contributed by atoms with E-state index in [0.717, 1.165) is 6.07 Å². The van der Waals surface area contributed by atoms with Gasteiger partial charge in [0.25, 0.3) is 16.0 Å². The molecule has 9 nitrogen and oxygen atoms in total. The number of benzene rings is 4. The highest BCUT2D eigenvalue weighted by atomic mass is 35.5. The summed E-state index contributed by atoms with van der Waals surface area (Å²) < 4.78 is 38.0. The zero-order valence-electron chi connectivity index (χ0n) is 20.1. The van der Waals surface area contributed by atoms with Crippen LogP contribution in [0.3, 0.4) is 0 Å². The number of anilines is 1. The van der Waals surface area contributed by atoms with Gasteiger partial charge in [-0.1, -0.05) is 54.4 Å². The number of carbonyl (C=O) groups excluding carboxylic acids is 1. The monoisotopic (exact) mass is 573 g/mol. The third-order valence-corrected chi connectivity index (χ3v) is 7.25. The molecule has 4 aromatic carbocycles. The fraction of sp³-hybridized carbons (Fsp3) is 0.115. The molecule has 3 N–H and O–H groups in total. The Bertz CT molecular complexity index is 1710. The van der Waals surface area contributed by atoms with Gasteiger partial charge in [0, 0.05) is 17.1 Å². The van der Waals surface area contributed by atoms with E-state index in [1.807, 2.05) is 0 Å². The SMILES string of the molecule is CCc1cc(N=Nc2c(O)c(C(=O)Nc3ccc(Cl)c(OC)c3)cc3ccccc23)c(Cl)cc1S(=O)(=O)O. The van der Waals surface area contributed by atoms with Crippen molar-refractivity contribution in [3.05, 3.63) is 81.8 Å². The smallest absolute Gasteiger partial charge is 0.294 e. The van der Waals surface area contributed by atoms with Gasteiger partial charge in [-0.3, -0.25) is 9.35 Å². The molecule has 196 valence electrons. The lowest BCUT2D eigenvalue weighted by Gasteiger charge is -2.12. The third kappa shape index (κ3) is 5.58. The number of halogens is 2. The molecule has 4 aromatic rings. The summed E-state index contributed by atoms with van der Waals surface area (Å²) in [5, 5.41) is 23.5. The summed E-state index contributed by atoms with van der Waals surface area (Å²) in [6, 6.07) is 15.7. The number of aryl methyl sites for hydroxylation is 1. The van der Waals surface area contributed by atoms with Gasteiger partial charge in [-0.25, -0.2) is 0 Å². The van der Waals surface area contributed by atoms with Crippen LogP contribution in [0.25, 0.3) is 10.8 Å². The molecule has 0 spiro atoms. The maximum atomic E-state index is 13.1. The number of hydrogen-bond acceptors (Lipinski definition) is 7. The number of ether oxygens (including phenoxy) is 1. The van der Waals surface area contributed by atoms with E-state index in [4.69, 9.17) is 27.9 Å². The van der Waals surface area contributed by atoms with Crippen LogP contribution in [-0.2, 0) is 16.5 Å². The van der Waals surface area contributed by atoms with Gasteiger partial charge < -0.3 is 15.2 Å². The normalized spacial score (nSPS) is 11.7. The summed E-state index contributed by atoms with van der Waals surface area (Å²) >= 11 is 12.3. The zero-order valence-corrected chi connectivity index (χ0v) is 22.4. The minimum Gasteiger partial charge on any atom is -0.505 e. The van der Waals surface area contributed by atoms with Gasteiger partial charge in [0.1, 0.15) is 17.1 Å². The predicted octanol–water partition coefficient (Wildman–Crippen LogP) is 7.34. The van der Waals surface area contributed by atoms with E-state index >= 15 is 0 Å². The number of nitrogens with zero attached hydrogens (tertiary/aromatic N) is 2. The molecular weight excluding hydrogens is 553 g/mol. The molecule has 1 amide bonds. The molecule has 0 aliphatic carbocycles. The second-order valence-corrected chi connectivity index (χ2v) is 10.3. The molecule has 0 unspecified atom stereocenters. The zero-order chi connectivity index (χ0) is 27.6. The molecule has 0 heterocycles. The van der Waals surface area contributed by atoms with E-state index in [9.17, 15) is 22.9 Å². The molecule has 0 atom stereocenters. The number of azo groups is 1. The Kier molecular flexibility index (Phi) is 7.89. The molecular formula is C26H21Cl2N3O6S. The number of phenols is 1. The second-order valence-electron chi connectivity index (χ2n) is 8.09. The molecule has 0 fully saturated rings. The predicted molar refractivity (Wildman–Crippen MR) is 146 cm³/mol. The molecule has 0 aliphatic heterocycles. The molecule has 0 radical (unpaired) electrons. The van der Waals surface area contributed by atoms with Crippen LogP contribution in [0.1, 0.15) is 22.8 Å². The number of hydrogen-bond donors (Lipinski definition) is 3. The van der Waals surface area contributed by atoms with Gasteiger partial charge in [-0.05, 0) is 47.7 Å². The van der Waals surface area contributed by atoms with Crippen molar-refractivity contribution in [2.24, 2.45) is 10.2 Å². The Morgan fingerprint density at radius 2 is 1.76 bits per heavy atom. The Hall–Kier alpha value is -3.70. The van der Waals surface area contributed by atoms with Gasteiger partial charge in [0.05, 0.1) is 27.6 Å². The summed E-state index contributed by atoms with van der Waals surface area (Å²) in [5.41, 5.74) is 0.738. The first-order valence-electron chi connectivity index (χ1n) is 11.1. The summed E-state index contributed by atoms with van der Waals surface area (Å²) in [5.74, 6) is -0.671. The quantitative estimate of drug-likeness (QED) is 0.156. The van der Waals surface area contributed by atoms with Gasteiger partial charge in [0.15, 0.2) is 5.75 Å². The topological polar surface area (TPSA) is 138 Å². The van der Waals surface area contributed by atoms with Crippen LogP contribution < -0.4 is 10.1 Å². The average molecular weight is 574 g/mol. The van der Waals surface area contributed by atoms with E-state index in [-0.39, 0.29) is 38.8 Å². The summed E-state index contributed by atoms with van der Waals surface area (Å²) in [6.07, 6.45) is 0.272. The van der Waals surface area contributed by atoms with Crippen molar-refractivity contribution in [2.45, 2.75) is 18.2 Å². The minimum absolute atomic E-state index is 0.00917. The summed E-state index contributed by atoms with van der Waals surface area (Å²) in [4.78, 5) is 12.8. The van der Waals surface area contributed by atoms with Gasteiger partial charge in [-0.2, -0.15) is 8.42 Å². The van der Waals surface area contributed by atoms with Crippen molar-refractivity contribution in [2.75, 3.05) is 12.4 Å². The number of methoxy groups -OCH3 is 1. The molecule has 0 aliphatic rings. The van der Waals surface area contributed by atoms with Crippen molar-refractivity contribution in [1.82, 2.24) is 0 Å². The summed E-state index contributed by atoms with van der Waals surface area (Å²) in [6.45, 7) is 1.70. The van der Waals surface area contributed by atoms with Gasteiger partial charge >= 0.3 is 0 Å². The highest BCUT2D eigenvalue weighted by Gasteiger charge is 2.20. The lowest BCUT2D eigenvalue weighted by molar-refractivity contribution is 0.102. The minimum atomic E-state index is -4.49. The number of nitrogens with one attached hydrogen (secondary N) is 1. The van der Waals surface area contributed by atoms with Crippen LogP contribution in [-0.4, -0.2) is 31.1 Å². The largest absolute Gasteiger partial charge is 0.505 e. The molecule has 38 heavy (non-hydrogen) atoms. The fourth-order valence-electron chi connectivity index (χ4n) is 3.81. The first kappa shape index (κ1) is 27.3. The highest BCUT2D eigenvalue weighted by Crippen LogP contribution is 2.41. The number of aromatic hydroxyl groups is 1. The fourth-order valence-corrected chi connectivity index (χ4v) is 5.07. The van der Waals surface area contributed by atoms with Crippen molar-refractivity contribution in [3.8, 4) is 11.5 Å². The van der Waals surface area contributed by atoms with Crippen LogP contribution in [0.5, 0.6) is 11.5 Å². The van der Waals surface area contributed by atoms with E-state index in [2.05, 4.69) is 15.5 Å². The van der Waals surface area contributed by atoms with Crippen LogP contribution in [0, 0.1) is 0 Å². The van der Waals surface area contributed by atoms with E-state index < -0.39 is 21.8 Å². The van der Waals surface area contributed by atoms with Gasteiger partial charge in [-0.15, -0.1) is 10.2 Å². The number of carbonyl (C=O) groups is 1. The Balaban J connectivity index is 1.79. The number of rotatable bonds is 7. The lowest BCUT2D eigenvalue weighted by Crippen LogP contribution is -2.12. The lowest BCUT2D eigenvalue weighted by atomic mass is 10.0. The van der Waals surface area contributed by atoms with Crippen LogP contribution in [0.15, 0.2) is 75.8 Å². The molecule has 0 saturated heterocycles. The highest BCUT2D eigenvalue weighted by molar-refractivity contribution is 7.85. The molecule has 0 aromatic heterocycles. The number of phenolic OH excluding ortho intramolecular Hbond substituents is 1. The Labute approximate surface area is 228 Å². The standard InChI is InChI=1S/C26H21Cl2N3O6S/c1-3-14-11-21(20(28)13-23(14)38(34,35)36)30-31-24-17-7-5-4-6-15(17)10-18(25(24)32)26(33)29-16-8-9-19(27)22(12-16)37-2/h4-13,32H,3H2,1-2H3,(H,29,33)(H,34,35,36). The van der Waals surface area contributed by atoms with Crippen LogP contribution in [0.4, 0.5) is 17.1 Å². The van der Waals surface area contributed by atoms with Gasteiger partial charge in [0.2, 0.25) is 0 Å². The van der Waals surface area contributed by atoms with Crippen molar-refractivity contribution in [1.29, 1.82) is 0 Å². The van der Waals surface area contributed by atoms with Crippen LogP contribution in [0.2, 0.25) is 10.0 Å². The van der Waals surface area contributed by atoms with E-state index in [0.29, 0.717) is 27.2 Å². The van der Waals surface area contributed by atoms with E-state index in [1.165, 1.54) is 19.2 Å². The molecule has 0 bridgehead atoms. The number of fused-ring (bicyclic) bond motifs is 1. The summed E-state index contributed by atoms with van der Waals surface area (Å²) in [7, 11) is -3.04. The van der Waals surface area contributed by atoms with Crippen molar-refractivity contribution < 1.29 is 27.6 Å². The van der Waals surface area contributed by atoms with Crippen molar-refractivity contribution in [3.63, 3.8) is 0 Å². The molecule has 0 saturated carbocycles. The number of amides is 1. The molecule has 12 heteroatoms. The molecule has 4 rings (SSSR count). The van der Waals surface area contributed by atoms with Crippen molar-refractivity contribution >= 4 is 67.1 Å². The Morgan fingerprint density at radius 1 is 1.03 bits per heavy atom. The second kappa shape index (κ2) is 11.0. The van der Waals surface area contributed by atoms with E-state index in [1.54, 1.807) is 49.4 Å². The Morgan fingerprint density at radius 3 is 2.45 bits per heavy atom. The van der Waals surface area contributed by atoms with Crippen LogP contribution >= 0.6 is 23.2 Å². The maximum absolute atomic E-state index is 13.1. The first-order chi connectivity index (χ1) is 18.0. The third-order valence-electron chi connectivity index (χ3n) is 5.70. The maximum Gasteiger partial charge on any atom is 0.294 e. The first-order valence-corrected chi connectivity index (χ1v) is 13.3. The average Bonchev–Trinajstić information content (AvgIpc) is 2.88.